The van der Waals surface area contributed by atoms with Crippen molar-refractivity contribution in [1.29, 1.82) is 0 Å². The minimum absolute atomic E-state index is 0.0175. The SMILES string of the molecule is CCOc1nc(NC)nc(Oc2ccc(Br)cc2F)n1. The van der Waals surface area contributed by atoms with Crippen LogP contribution in [-0.4, -0.2) is 28.6 Å². The van der Waals surface area contributed by atoms with Crippen LogP contribution < -0.4 is 14.8 Å². The van der Waals surface area contributed by atoms with Gasteiger partial charge in [0.2, 0.25) is 5.95 Å². The van der Waals surface area contributed by atoms with Crippen LogP contribution in [0.2, 0.25) is 0 Å². The van der Waals surface area contributed by atoms with Crippen molar-refractivity contribution in [2.24, 2.45) is 0 Å². The zero-order chi connectivity index (χ0) is 14.5. The molecule has 0 saturated carbocycles. The third-order valence-electron chi connectivity index (χ3n) is 2.19. The van der Waals surface area contributed by atoms with Crippen LogP contribution in [-0.2, 0) is 0 Å². The van der Waals surface area contributed by atoms with Crippen LogP contribution in [0.3, 0.4) is 0 Å². The summed E-state index contributed by atoms with van der Waals surface area (Å²) < 4.78 is 24.8. The molecule has 6 nitrogen and oxygen atoms in total. The molecule has 20 heavy (non-hydrogen) atoms. The van der Waals surface area contributed by atoms with Crippen molar-refractivity contribution < 1.29 is 13.9 Å². The van der Waals surface area contributed by atoms with Crippen molar-refractivity contribution in [3.8, 4) is 17.8 Å². The predicted octanol–water partition coefficient (Wildman–Crippen LogP) is 3.01. The molecular formula is C12H12BrFN4O2. The van der Waals surface area contributed by atoms with Gasteiger partial charge in [0.05, 0.1) is 6.61 Å². The van der Waals surface area contributed by atoms with Crippen LogP contribution in [0.15, 0.2) is 22.7 Å². The van der Waals surface area contributed by atoms with Gasteiger partial charge >= 0.3 is 12.0 Å². The van der Waals surface area contributed by atoms with Crippen LogP contribution in [0, 0.1) is 5.82 Å². The molecule has 0 aliphatic carbocycles. The predicted molar refractivity (Wildman–Crippen MR) is 74.7 cm³/mol. The van der Waals surface area contributed by atoms with E-state index in [4.69, 9.17) is 9.47 Å². The van der Waals surface area contributed by atoms with Gasteiger partial charge in [-0.15, -0.1) is 4.98 Å². The van der Waals surface area contributed by atoms with Crippen LogP contribution in [0.4, 0.5) is 10.3 Å². The highest BCUT2D eigenvalue weighted by Crippen LogP contribution is 2.26. The number of anilines is 1. The Balaban J connectivity index is 2.29. The van der Waals surface area contributed by atoms with Gasteiger partial charge in [0.25, 0.3) is 0 Å². The van der Waals surface area contributed by atoms with E-state index in [1.54, 1.807) is 20.0 Å². The third-order valence-corrected chi connectivity index (χ3v) is 2.68. The molecule has 0 fully saturated rings. The van der Waals surface area contributed by atoms with E-state index in [0.717, 1.165) is 0 Å². The fourth-order valence-electron chi connectivity index (χ4n) is 1.35. The molecule has 0 aliphatic rings. The van der Waals surface area contributed by atoms with Crippen LogP contribution in [0.5, 0.6) is 17.8 Å². The monoisotopic (exact) mass is 342 g/mol. The number of nitrogens with zero attached hydrogens (tertiary/aromatic N) is 3. The molecule has 0 saturated heterocycles. The van der Waals surface area contributed by atoms with E-state index >= 15 is 0 Å². The summed E-state index contributed by atoms with van der Waals surface area (Å²) in [6.07, 6.45) is 0. The van der Waals surface area contributed by atoms with Gasteiger partial charge in [-0.2, -0.15) is 9.97 Å². The topological polar surface area (TPSA) is 69.2 Å². The average Bonchev–Trinajstić information content (AvgIpc) is 2.42. The number of nitrogens with one attached hydrogen (secondary N) is 1. The lowest BCUT2D eigenvalue weighted by Crippen LogP contribution is -2.05. The van der Waals surface area contributed by atoms with Crippen LogP contribution in [0.1, 0.15) is 6.92 Å². The molecule has 0 bridgehead atoms. The van der Waals surface area contributed by atoms with Gasteiger partial charge in [-0.3, -0.25) is 0 Å². The zero-order valence-corrected chi connectivity index (χ0v) is 12.4. The smallest absolute Gasteiger partial charge is 0.330 e. The maximum absolute atomic E-state index is 13.7. The normalized spacial score (nSPS) is 10.2. The molecule has 0 atom stereocenters. The number of halogens is 2. The van der Waals surface area contributed by atoms with E-state index in [2.05, 4.69) is 36.2 Å². The van der Waals surface area contributed by atoms with Gasteiger partial charge in [0.1, 0.15) is 0 Å². The van der Waals surface area contributed by atoms with Crippen LogP contribution >= 0.6 is 15.9 Å². The first-order valence-electron chi connectivity index (χ1n) is 5.82. The summed E-state index contributed by atoms with van der Waals surface area (Å²) in [6.45, 7) is 2.21. The molecule has 1 N–H and O–H groups in total. The first kappa shape index (κ1) is 14.4. The summed E-state index contributed by atoms with van der Waals surface area (Å²) in [5, 5.41) is 2.75. The van der Waals surface area contributed by atoms with Gasteiger partial charge in [0.15, 0.2) is 11.6 Å². The Morgan fingerprint density at radius 2 is 2.00 bits per heavy atom. The van der Waals surface area contributed by atoms with Gasteiger partial charge in [-0.05, 0) is 25.1 Å². The van der Waals surface area contributed by atoms with Gasteiger partial charge in [0, 0.05) is 11.5 Å². The lowest BCUT2D eigenvalue weighted by Gasteiger charge is -2.08. The third kappa shape index (κ3) is 3.53. The second-order valence-corrected chi connectivity index (χ2v) is 4.50. The molecule has 106 valence electrons. The molecule has 0 unspecified atom stereocenters. The molecule has 0 radical (unpaired) electrons. The highest BCUT2D eigenvalue weighted by atomic mass is 79.9. The largest absolute Gasteiger partial charge is 0.464 e. The van der Waals surface area contributed by atoms with Crippen molar-refractivity contribution in [1.82, 2.24) is 15.0 Å². The Kier molecular flexibility index (Phi) is 4.67. The van der Waals surface area contributed by atoms with Crippen molar-refractivity contribution in [3.05, 3.63) is 28.5 Å². The summed E-state index contributed by atoms with van der Waals surface area (Å²) in [5.41, 5.74) is 0. The molecule has 2 aromatic rings. The highest BCUT2D eigenvalue weighted by molar-refractivity contribution is 9.10. The number of rotatable bonds is 5. The number of aromatic nitrogens is 3. The Bertz CT molecular complexity index is 612. The minimum Gasteiger partial charge on any atom is -0.464 e. The van der Waals surface area contributed by atoms with Gasteiger partial charge < -0.3 is 14.8 Å². The molecule has 1 heterocycles. The Morgan fingerprint density at radius 1 is 1.25 bits per heavy atom. The lowest BCUT2D eigenvalue weighted by atomic mass is 10.3. The van der Waals surface area contributed by atoms with Gasteiger partial charge in [-0.1, -0.05) is 15.9 Å². The highest BCUT2D eigenvalue weighted by Gasteiger charge is 2.11. The summed E-state index contributed by atoms with van der Waals surface area (Å²) in [7, 11) is 1.65. The van der Waals surface area contributed by atoms with Crippen molar-refractivity contribution in [2.45, 2.75) is 6.92 Å². The number of benzene rings is 1. The summed E-state index contributed by atoms with van der Waals surface area (Å²) in [5.74, 6) is -0.233. The first-order chi connectivity index (χ1) is 9.62. The van der Waals surface area contributed by atoms with E-state index in [0.29, 0.717) is 11.1 Å². The minimum atomic E-state index is -0.524. The zero-order valence-electron chi connectivity index (χ0n) is 10.9. The fourth-order valence-corrected chi connectivity index (χ4v) is 1.68. The van der Waals surface area contributed by atoms with E-state index in [9.17, 15) is 4.39 Å². The molecule has 1 aromatic heterocycles. The molecule has 1 aromatic carbocycles. The van der Waals surface area contributed by atoms with Crippen molar-refractivity contribution in [2.75, 3.05) is 19.0 Å². The number of ether oxygens (including phenoxy) is 2. The van der Waals surface area contributed by atoms with E-state index < -0.39 is 5.82 Å². The standard InChI is InChI=1S/C12H12BrFN4O2/c1-3-19-11-16-10(15-2)17-12(18-11)20-9-5-4-7(13)6-8(9)14/h4-6H,3H2,1-2H3,(H,15,16,17,18). The van der Waals surface area contributed by atoms with Gasteiger partial charge in [-0.25, -0.2) is 4.39 Å². The molecule has 0 aliphatic heterocycles. The maximum atomic E-state index is 13.7. The summed E-state index contributed by atoms with van der Waals surface area (Å²) >= 11 is 3.17. The molecule has 0 spiro atoms. The Hall–Kier alpha value is -1.96. The second kappa shape index (κ2) is 6.47. The van der Waals surface area contributed by atoms with E-state index in [1.807, 2.05) is 0 Å². The second-order valence-electron chi connectivity index (χ2n) is 3.58. The molecule has 0 amide bonds. The fraction of sp³-hybridized carbons (Fsp3) is 0.250. The van der Waals surface area contributed by atoms with E-state index in [-0.39, 0.29) is 23.7 Å². The first-order valence-corrected chi connectivity index (χ1v) is 6.61. The molecular weight excluding hydrogens is 331 g/mol. The van der Waals surface area contributed by atoms with Crippen molar-refractivity contribution >= 4 is 21.9 Å². The lowest BCUT2D eigenvalue weighted by molar-refractivity contribution is 0.302. The number of hydrogen-bond acceptors (Lipinski definition) is 6. The Labute approximate surface area is 123 Å². The summed E-state index contributed by atoms with van der Waals surface area (Å²) in [4.78, 5) is 11.9. The molecule has 8 heteroatoms. The Morgan fingerprint density at radius 3 is 2.65 bits per heavy atom. The summed E-state index contributed by atoms with van der Waals surface area (Å²) in [6, 6.07) is 4.48. The quantitative estimate of drug-likeness (QED) is 0.900. The van der Waals surface area contributed by atoms with Crippen molar-refractivity contribution in [3.63, 3.8) is 0 Å². The maximum Gasteiger partial charge on any atom is 0.330 e. The number of hydrogen-bond donors (Lipinski definition) is 1. The molecule has 2 rings (SSSR count). The van der Waals surface area contributed by atoms with E-state index in [1.165, 1.54) is 12.1 Å². The average molecular weight is 343 g/mol. The van der Waals surface area contributed by atoms with Crippen LogP contribution in [0.25, 0.3) is 0 Å².